The number of carboxylic acid groups (broad SMARTS) is 1. The minimum absolute atomic E-state index is 0.0167. The quantitative estimate of drug-likeness (QED) is 0.614. The second-order valence-corrected chi connectivity index (χ2v) is 4.04. The molecular weight excluding hydrogens is 252 g/mol. The van der Waals surface area contributed by atoms with E-state index in [1.165, 1.54) is 6.26 Å². The van der Waals surface area contributed by atoms with Gasteiger partial charge in [0.15, 0.2) is 0 Å². The van der Waals surface area contributed by atoms with Gasteiger partial charge in [-0.15, -0.1) is 0 Å². The number of carbonyl (C=O) groups is 3. The maximum Gasteiger partial charge on any atom is 0.326 e. The Morgan fingerprint density at radius 1 is 1.37 bits per heavy atom. The first-order valence-corrected chi connectivity index (χ1v) is 5.82. The van der Waals surface area contributed by atoms with Crippen LogP contribution in [0.5, 0.6) is 0 Å². The maximum atomic E-state index is 11.6. The molecule has 0 fully saturated rings. The molecule has 1 unspecified atom stereocenters. The normalized spacial score (nSPS) is 11.8. The Kier molecular flexibility index (Phi) is 5.59. The molecule has 0 spiro atoms. The number of hydrogen-bond donors (Lipinski definition) is 3. The van der Waals surface area contributed by atoms with Crippen molar-refractivity contribution in [2.45, 2.75) is 31.7 Å². The summed E-state index contributed by atoms with van der Waals surface area (Å²) in [7, 11) is 0. The maximum absolute atomic E-state index is 11.6. The molecular formula is C12H16N2O5. The molecule has 0 aliphatic heterocycles. The van der Waals surface area contributed by atoms with Crippen molar-refractivity contribution >= 4 is 17.8 Å². The Morgan fingerprint density at radius 2 is 2.11 bits per heavy atom. The van der Waals surface area contributed by atoms with Gasteiger partial charge in [-0.1, -0.05) is 0 Å². The molecule has 0 bridgehead atoms. The number of rotatable bonds is 8. The fourth-order valence-corrected chi connectivity index (χ4v) is 1.50. The minimum Gasteiger partial charge on any atom is -0.480 e. The molecule has 104 valence electrons. The lowest BCUT2D eigenvalue weighted by Gasteiger charge is -2.13. The highest BCUT2D eigenvalue weighted by Crippen LogP contribution is 2.04. The molecule has 0 aromatic carbocycles. The molecule has 0 aliphatic carbocycles. The van der Waals surface area contributed by atoms with Crippen molar-refractivity contribution < 1.29 is 23.9 Å². The molecule has 0 aliphatic rings. The predicted octanol–water partition coefficient (Wildman–Crippen LogP) is 0.0471. The zero-order valence-electron chi connectivity index (χ0n) is 10.3. The summed E-state index contributed by atoms with van der Waals surface area (Å²) in [5, 5.41) is 11.2. The summed E-state index contributed by atoms with van der Waals surface area (Å²) < 4.78 is 5.06. The molecule has 0 saturated carbocycles. The van der Waals surface area contributed by atoms with Crippen LogP contribution in [-0.4, -0.2) is 28.9 Å². The van der Waals surface area contributed by atoms with E-state index in [2.05, 4.69) is 5.32 Å². The zero-order chi connectivity index (χ0) is 14.3. The number of carboxylic acids is 1. The summed E-state index contributed by atoms with van der Waals surface area (Å²) in [4.78, 5) is 33.1. The first-order valence-electron chi connectivity index (χ1n) is 5.82. The SMILES string of the molecule is NC(=O)CCC(NC(=O)CCc1ccco1)C(=O)O. The standard InChI is InChI=1S/C12H16N2O5/c13-10(15)5-4-9(12(17)18)14-11(16)6-3-8-2-1-7-19-8/h1-2,7,9H,3-6H2,(H2,13,15)(H,14,16)(H,17,18). The van der Waals surface area contributed by atoms with Gasteiger partial charge in [0.25, 0.3) is 0 Å². The first kappa shape index (κ1) is 14.7. The number of aliphatic carboxylic acids is 1. The van der Waals surface area contributed by atoms with Crippen LogP contribution in [0.4, 0.5) is 0 Å². The van der Waals surface area contributed by atoms with Crippen molar-refractivity contribution in [3.8, 4) is 0 Å². The van der Waals surface area contributed by atoms with E-state index in [-0.39, 0.29) is 19.3 Å². The summed E-state index contributed by atoms with van der Waals surface area (Å²) in [6.45, 7) is 0. The van der Waals surface area contributed by atoms with E-state index in [0.29, 0.717) is 12.2 Å². The van der Waals surface area contributed by atoms with Gasteiger partial charge in [0.1, 0.15) is 11.8 Å². The molecule has 1 heterocycles. The number of nitrogens with one attached hydrogen (secondary N) is 1. The molecule has 1 atom stereocenters. The Bertz CT molecular complexity index is 441. The minimum atomic E-state index is -1.19. The third-order valence-corrected chi connectivity index (χ3v) is 2.49. The van der Waals surface area contributed by atoms with E-state index in [1.54, 1.807) is 12.1 Å². The van der Waals surface area contributed by atoms with E-state index < -0.39 is 23.8 Å². The van der Waals surface area contributed by atoms with Gasteiger partial charge in [-0.05, 0) is 18.6 Å². The van der Waals surface area contributed by atoms with Gasteiger partial charge in [0.2, 0.25) is 11.8 Å². The monoisotopic (exact) mass is 268 g/mol. The predicted molar refractivity (Wildman–Crippen MR) is 65.0 cm³/mol. The molecule has 19 heavy (non-hydrogen) atoms. The van der Waals surface area contributed by atoms with E-state index in [0.717, 1.165) is 0 Å². The summed E-state index contributed by atoms with van der Waals surface area (Å²) in [5.74, 6) is -1.55. The van der Waals surface area contributed by atoms with Gasteiger partial charge < -0.3 is 20.6 Å². The van der Waals surface area contributed by atoms with Gasteiger partial charge in [-0.3, -0.25) is 9.59 Å². The summed E-state index contributed by atoms with van der Waals surface area (Å²) in [5.41, 5.74) is 4.94. The van der Waals surface area contributed by atoms with E-state index in [4.69, 9.17) is 15.3 Å². The van der Waals surface area contributed by atoms with Gasteiger partial charge >= 0.3 is 5.97 Å². The summed E-state index contributed by atoms with van der Waals surface area (Å²) in [6.07, 6.45) is 1.90. The average Bonchev–Trinajstić information content (AvgIpc) is 2.84. The Balaban J connectivity index is 2.38. The summed E-state index contributed by atoms with van der Waals surface area (Å²) >= 11 is 0. The fraction of sp³-hybridized carbons (Fsp3) is 0.417. The van der Waals surface area contributed by atoms with Crippen LogP contribution < -0.4 is 11.1 Å². The second kappa shape index (κ2) is 7.20. The van der Waals surface area contributed by atoms with Gasteiger partial charge in [-0.25, -0.2) is 4.79 Å². The molecule has 1 aromatic heterocycles. The smallest absolute Gasteiger partial charge is 0.326 e. The lowest BCUT2D eigenvalue weighted by Crippen LogP contribution is -2.41. The van der Waals surface area contributed by atoms with Crippen LogP contribution >= 0.6 is 0 Å². The van der Waals surface area contributed by atoms with Crippen LogP contribution in [0.15, 0.2) is 22.8 Å². The number of furan rings is 1. The summed E-state index contributed by atoms with van der Waals surface area (Å²) in [6, 6.07) is 2.34. The number of carbonyl (C=O) groups excluding carboxylic acids is 2. The highest BCUT2D eigenvalue weighted by molar-refractivity contribution is 5.84. The lowest BCUT2D eigenvalue weighted by molar-refractivity contribution is -0.142. The van der Waals surface area contributed by atoms with Gasteiger partial charge in [-0.2, -0.15) is 0 Å². The van der Waals surface area contributed by atoms with Crippen LogP contribution in [0.2, 0.25) is 0 Å². The number of hydrogen-bond acceptors (Lipinski definition) is 4. The van der Waals surface area contributed by atoms with Crippen molar-refractivity contribution in [1.29, 1.82) is 0 Å². The van der Waals surface area contributed by atoms with E-state index in [9.17, 15) is 14.4 Å². The van der Waals surface area contributed by atoms with Crippen LogP contribution in [0.25, 0.3) is 0 Å². The van der Waals surface area contributed by atoms with Crippen LogP contribution in [0.3, 0.4) is 0 Å². The molecule has 1 aromatic rings. The zero-order valence-corrected chi connectivity index (χ0v) is 10.3. The third kappa shape index (κ3) is 5.71. The van der Waals surface area contributed by atoms with Gasteiger partial charge in [0.05, 0.1) is 6.26 Å². The highest BCUT2D eigenvalue weighted by atomic mass is 16.4. The van der Waals surface area contributed by atoms with E-state index in [1.807, 2.05) is 0 Å². The molecule has 0 saturated heterocycles. The van der Waals surface area contributed by atoms with Crippen molar-refractivity contribution in [3.05, 3.63) is 24.2 Å². The Hall–Kier alpha value is -2.31. The molecule has 0 radical (unpaired) electrons. The van der Waals surface area contributed by atoms with E-state index >= 15 is 0 Å². The molecule has 1 rings (SSSR count). The van der Waals surface area contributed by atoms with Crippen LogP contribution in [-0.2, 0) is 20.8 Å². The first-order chi connectivity index (χ1) is 8.99. The number of aryl methyl sites for hydroxylation is 1. The number of amides is 2. The molecule has 4 N–H and O–H groups in total. The highest BCUT2D eigenvalue weighted by Gasteiger charge is 2.20. The van der Waals surface area contributed by atoms with Crippen molar-refractivity contribution in [2.75, 3.05) is 0 Å². The average molecular weight is 268 g/mol. The molecule has 7 nitrogen and oxygen atoms in total. The molecule has 7 heteroatoms. The third-order valence-electron chi connectivity index (χ3n) is 2.49. The largest absolute Gasteiger partial charge is 0.480 e. The number of primary amides is 1. The van der Waals surface area contributed by atoms with Crippen LogP contribution in [0.1, 0.15) is 25.0 Å². The number of nitrogens with two attached hydrogens (primary N) is 1. The van der Waals surface area contributed by atoms with Crippen molar-refractivity contribution in [1.82, 2.24) is 5.32 Å². The van der Waals surface area contributed by atoms with Gasteiger partial charge in [0, 0.05) is 19.3 Å². The second-order valence-electron chi connectivity index (χ2n) is 4.04. The lowest BCUT2D eigenvalue weighted by atomic mass is 10.1. The van der Waals surface area contributed by atoms with Crippen molar-refractivity contribution in [3.63, 3.8) is 0 Å². The van der Waals surface area contributed by atoms with Crippen LogP contribution in [0, 0.1) is 0 Å². The Morgan fingerprint density at radius 3 is 2.63 bits per heavy atom. The topological polar surface area (TPSA) is 123 Å². The molecule has 2 amide bonds. The van der Waals surface area contributed by atoms with Crippen molar-refractivity contribution in [2.24, 2.45) is 5.73 Å². The fourth-order valence-electron chi connectivity index (χ4n) is 1.50. The Labute approximate surface area is 109 Å².